The second-order valence-corrected chi connectivity index (χ2v) is 5.42. The third kappa shape index (κ3) is 1.70. The van der Waals surface area contributed by atoms with Gasteiger partial charge in [0.05, 0.1) is 5.39 Å². The Morgan fingerprint density at radius 1 is 1.10 bits per heavy atom. The first-order valence-electron chi connectivity index (χ1n) is 6.68. The standard InChI is InChI=1S/C17H16O3/c1-9(2)14-13(18)8-7-12-11-6-4-5-10(3)15(11)17(19)20-16(12)14/h4-9,18H,1-3H3. The molecule has 0 fully saturated rings. The van der Waals surface area contributed by atoms with Crippen LogP contribution in [0.3, 0.4) is 0 Å². The van der Waals surface area contributed by atoms with E-state index in [1.54, 1.807) is 12.1 Å². The first-order valence-corrected chi connectivity index (χ1v) is 6.68. The lowest BCUT2D eigenvalue weighted by Gasteiger charge is -2.12. The fourth-order valence-corrected chi connectivity index (χ4v) is 2.78. The number of benzene rings is 2. The lowest BCUT2D eigenvalue weighted by atomic mass is 9.96. The van der Waals surface area contributed by atoms with E-state index in [4.69, 9.17) is 4.42 Å². The van der Waals surface area contributed by atoms with Gasteiger partial charge in [-0.1, -0.05) is 32.0 Å². The summed E-state index contributed by atoms with van der Waals surface area (Å²) in [6.45, 7) is 5.83. The van der Waals surface area contributed by atoms with E-state index in [0.717, 1.165) is 16.3 Å². The zero-order valence-corrected chi connectivity index (χ0v) is 11.7. The summed E-state index contributed by atoms with van der Waals surface area (Å²) >= 11 is 0. The van der Waals surface area contributed by atoms with E-state index in [1.165, 1.54) is 0 Å². The van der Waals surface area contributed by atoms with Crippen molar-refractivity contribution >= 4 is 21.7 Å². The highest BCUT2D eigenvalue weighted by molar-refractivity contribution is 6.06. The molecule has 3 rings (SSSR count). The van der Waals surface area contributed by atoms with Crippen molar-refractivity contribution in [1.29, 1.82) is 0 Å². The number of rotatable bonds is 1. The Bertz CT molecular complexity index is 873. The van der Waals surface area contributed by atoms with Gasteiger partial charge < -0.3 is 9.52 Å². The summed E-state index contributed by atoms with van der Waals surface area (Å²) < 4.78 is 5.51. The van der Waals surface area contributed by atoms with E-state index in [1.807, 2.05) is 39.0 Å². The van der Waals surface area contributed by atoms with Gasteiger partial charge in [0.15, 0.2) is 0 Å². The number of aromatic hydroxyl groups is 1. The molecule has 0 saturated heterocycles. The number of fused-ring (bicyclic) bond motifs is 3. The molecule has 3 aromatic rings. The Labute approximate surface area is 116 Å². The van der Waals surface area contributed by atoms with Gasteiger partial charge in [-0.15, -0.1) is 0 Å². The topological polar surface area (TPSA) is 50.4 Å². The fraction of sp³-hybridized carbons (Fsp3) is 0.235. The summed E-state index contributed by atoms with van der Waals surface area (Å²) in [5, 5.41) is 12.4. The molecule has 0 radical (unpaired) electrons. The van der Waals surface area contributed by atoms with Gasteiger partial charge >= 0.3 is 5.63 Å². The van der Waals surface area contributed by atoms with E-state index < -0.39 is 0 Å². The molecule has 1 N–H and O–H groups in total. The molecule has 0 bridgehead atoms. The van der Waals surface area contributed by atoms with Gasteiger partial charge in [0.2, 0.25) is 0 Å². The minimum Gasteiger partial charge on any atom is -0.508 e. The highest BCUT2D eigenvalue weighted by Gasteiger charge is 2.17. The van der Waals surface area contributed by atoms with Crippen molar-refractivity contribution in [2.24, 2.45) is 0 Å². The van der Waals surface area contributed by atoms with Gasteiger partial charge in [0, 0.05) is 16.3 Å². The van der Waals surface area contributed by atoms with Crippen molar-refractivity contribution < 1.29 is 9.52 Å². The molecule has 0 spiro atoms. The fourth-order valence-electron chi connectivity index (χ4n) is 2.78. The smallest absolute Gasteiger partial charge is 0.344 e. The van der Waals surface area contributed by atoms with Gasteiger partial charge in [-0.2, -0.15) is 0 Å². The van der Waals surface area contributed by atoms with Gasteiger partial charge in [0.25, 0.3) is 0 Å². The molecule has 3 nitrogen and oxygen atoms in total. The zero-order chi connectivity index (χ0) is 14.4. The molecule has 1 aromatic heterocycles. The minimum absolute atomic E-state index is 0.0732. The van der Waals surface area contributed by atoms with Crippen LogP contribution in [0.2, 0.25) is 0 Å². The highest BCUT2D eigenvalue weighted by Crippen LogP contribution is 2.35. The number of aryl methyl sites for hydroxylation is 1. The lowest BCUT2D eigenvalue weighted by Crippen LogP contribution is -2.03. The maximum Gasteiger partial charge on any atom is 0.344 e. The minimum atomic E-state index is -0.349. The van der Waals surface area contributed by atoms with Crippen molar-refractivity contribution in [1.82, 2.24) is 0 Å². The van der Waals surface area contributed by atoms with Gasteiger partial charge in [0.1, 0.15) is 11.3 Å². The van der Waals surface area contributed by atoms with Crippen LogP contribution < -0.4 is 5.63 Å². The summed E-state index contributed by atoms with van der Waals surface area (Å²) in [5.74, 6) is 0.242. The van der Waals surface area contributed by atoms with E-state index >= 15 is 0 Å². The first kappa shape index (κ1) is 12.7. The molecule has 0 aliphatic rings. The maximum absolute atomic E-state index is 12.3. The Morgan fingerprint density at radius 3 is 2.55 bits per heavy atom. The van der Waals surface area contributed by atoms with E-state index in [0.29, 0.717) is 16.5 Å². The van der Waals surface area contributed by atoms with Crippen molar-refractivity contribution in [3.8, 4) is 5.75 Å². The second kappa shape index (κ2) is 4.37. The molecule has 0 atom stereocenters. The molecule has 3 heteroatoms. The molecule has 102 valence electrons. The summed E-state index contributed by atoms with van der Waals surface area (Å²) in [6, 6.07) is 9.22. The summed E-state index contributed by atoms with van der Waals surface area (Å²) in [4.78, 5) is 12.3. The van der Waals surface area contributed by atoms with E-state index in [9.17, 15) is 9.90 Å². The molecule has 20 heavy (non-hydrogen) atoms. The molecule has 0 aliphatic heterocycles. The van der Waals surface area contributed by atoms with Crippen LogP contribution in [-0.4, -0.2) is 5.11 Å². The van der Waals surface area contributed by atoms with Crippen LogP contribution in [0.5, 0.6) is 5.75 Å². The summed E-state index contributed by atoms with van der Waals surface area (Å²) in [5.41, 5.74) is 1.72. The predicted octanol–water partition coefficient (Wildman–Crippen LogP) is 4.08. The average molecular weight is 268 g/mol. The van der Waals surface area contributed by atoms with Crippen LogP contribution in [-0.2, 0) is 0 Å². The van der Waals surface area contributed by atoms with Crippen LogP contribution in [0.1, 0.15) is 30.9 Å². The molecular formula is C17H16O3. The number of hydrogen-bond acceptors (Lipinski definition) is 3. The number of phenolic OH excluding ortho intramolecular Hbond substituents is 1. The zero-order valence-electron chi connectivity index (χ0n) is 11.7. The first-order chi connectivity index (χ1) is 9.50. The molecule has 0 unspecified atom stereocenters. The monoisotopic (exact) mass is 268 g/mol. The number of hydrogen-bond donors (Lipinski definition) is 1. The molecular weight excluding hydrogens is 252 g/mol. The third-order valence-electron chi connectivity index (χ3n) is 3.71. The largest absolute Gasteiger partial charge is 0.508 e. The molecule has 0 amide bonds. The second-order valence-electron chi connectivity index (χ2n) is 5.42. The van der Waals surface area contributed by atoms with Gasteiger partial charge in [-0.3, -0.25) is 0 Å². The Balaban J connectivity index is 2.62. The van der Waals surface area contributed by atoms with Gasteiger partial charge in [-0.25, -0.2) is 4.79 Å². The Morgan fingerprint density at radius 2 is 1.85 bits per heavy atom. The van der Waals surface area contributed by atoms with Crippen LogP contribution in [0.4, 0.5) is 0 Å². The highest BCUT2D eigenvalue weighted by atomic mass is 16.4. The average Bonchev–Trinajstić information content (AvgIpc) is 2.37. The lowest BCUT2D eigenvalue weighted by molar-refractivity contribution is 0.461. The molecule has 0 aliphatic carbocycles. The van der Waals surface area contributed by atoms with Crippen molar-refractivity contribution in [2.45, 2.75) is 26.7 Å². The molecule has 1 heterocycles. The normalized spacial score (nSPS) is 11.6. The summed E-state index contributed by atoms with van der Waals surface area (Å²) in [7, 11) is 0. The number of phenols is 1. The van der Waals surface area contributed by atoms with E-state index in [2.05, 4.69) is 0 Å². The van der Waals surface area contributed by atoms with Gasteiger partial charge in [-0.05, 0) is 30.5 Å². The third-order valence-corrected chi connectivity index (χ3v) is 3.71. The van der Waals surface area contributed by atoms with Crippen LogP contribution >= 0.6 is 0 Å². The Kier molecular flexibility index (Phi) is 2.78. The van der Waals surface area contributed by atoms with Crippen molar-refractivity contribution in [2.75, 3.05) is 0 Å². The van der Waals surface area contributed by atoms with E-state index in [-0.39, 0.29) is 17.3 Å². The predicted molar refractivity (Wildman–Crippen MR) is 80.5 cm³/mol. The van der Waals surface area contributed by atoms with Crippen LogP contribution in [0.15, 0.2) is 39.5 Å². The SMILES string of the molecule is Cc1cccc2c1c(=O)oc1c(C(C)C)c(O)ccc12. The summed E-state index contributed by atoms with van der Waals surface area (Å²) in [6.07, 6.45) is 0. The quantitative estimate of drug-likeness (QED) is 0.534. The van der Waals surface area contributed by atoms with Crippen molar-refractivity contribution in [3.63, 3.8) is 0 Å². The molecule has 0 saturated carbocycles. The van der Waals surface area contributed by atoms with Crippen LogP contribution in [0, 0.1) is 6.92 Å². The van der Waals surface area contributed by atoms with Crippen molar-refractivity contribution in [3.05, 3.63) is 51.9 Å². The molecule has 2 aromatic carbocycles. The Hall–Kier alpha value is -2.29. The van der Waals surface area contributed by atoms with Crippen LogP contribution in [0.25, 0.3) is 21.7 Å². The maximum atomic E-state index is 12.3.